The van der Waals surface area contributed by atoms with Gasteiger partial charge in [0.15, 0.2) is 12.0 Å². The number of hydrogen-bond donors (Lipinski definition) is 0. The molecule has 0 saturated heterocycles. The predicted molar refractivity (Wildman–Crippen MR) is 66.3 cm³/mol. The molecule has 5 nitrogen and oxygen atoms in total. The molecule has 0 saturated carbocycles. The summed E-state index contributed by atoms with van der Waals surface area (Å²) >= 11 is 0. The minimum Gasteiger partial charge on any atom is -0.467 e. The van der Waals surface area contributed by atoms with Crippen molar-refractivity contribution in [1.82, 2.24) is 15.0 Å². The molecule has 0 unspecified atom stereocenters. The Balaban J connectivity index is 2.15. The van der Waals surface area contributed by atoms with E-state index in [-0.39, 0.29) is 0 Å². The standard InChI is InChI=1S/C13H11N3O2/c1-8-5-11(16-13(15-8)17-2)9-3-4-10-12(6-9)18-7-14-10/h3-7H,1-2H3. The third-order valence-electron chi connectivity index (χ3n) is 2.64. The van der Waals surface area contributed by atoms with Gasteiger partial charge in [0, 0.05) is 11.3 Å². The molecule has 18 heavy (non-hydrogen) atoms. The van der Waals surface area contributed by atoms with Crippen LogP contribution in [-0.2, 0) is 0 Å². The largest absolute Gasteiger partial charge is 0.467 e. The van der Waals surface area contributed by atoms with Gasteiger partial charge in [0.05, 0.1) is 12.8 Å². The fraction of sp³-hybridized carbons (Fsp3) is 0.154. The zero-order valence-corrected chi connectivity index (χ0v) is 10.0. The molecule has 0 aliphatic carbocycles. The van der Waals surface area contributed by atoms with E-state index in [0.29, 0.717) is 6.01 Å². The van der Waals surface area contributed by atoms with Crippen molar-refractivity contribution in [2.45, 2.75) is 6.92 Å². The van der Waals surface area contributed by atoms with Gasteiger partial charge in [-0.05, 0) is 25.1 Å². The van der Waals surface area contributed by atoms with Crippen LogP contribution in [0.4, 0.5) is 0 Å². The first-order valence-corrected chi connectivity index (χ1v) is 5.49. The van der Waals surface area contributed by atoms with Crippen LogP contribution >= 0.6 is 0 Å². The van der Waals surface area contributed by atoms with E-state index in [4.69, 9.17) is 9.15 Å². The van der Waals surface area contributed by atoms with Crippen molar-refractivity contribution in [1.29, 1.82) is 0 Å². The summed E-state index contributed by atoms with van der Waals surface area (Å²) in [6.07, 6.45) is 1.43. The lowest BCUT2D eigenvalue weighted by Crippen LogP contribution is -1.95. The van der Waals surface area contributed by atoms with E-state index in [1.807, 2.05) is 31.2 Å². The maximum atomic E-state index is 5.28. The number of benzene rings is 1. The molecule has 3 rings (SSSR count). The number of methoxy groups -OCH3 is 1. The predicted octanol–water partition coefficient (Wildman–Crippen LogP) is 2.60. The highest BCUT2D eigenvalue weighted by molar-refractivity contribution is 5.78. The summed E-state index contributed by atoms with van der Waals surface area (Å²) in [5.74, 6) is 0. The molecule has 0 amide bonds. The Kier molecular flexibility index (Phi) is 2.44. The van der Waals surface area contributed by atoms with Crippen molar-refractivity contribution in [3.05, 3.63) is 36.4 Å². The second-order valence-electron chi connectivity index (χ2n) is 3.92. The lowest BCUT2D eigenvalue weighted by atomic mass is 10.1. The van der Waals surface area contributed by atoms with Gasteiger partial charge in [-0.1, -0.05) is 6.07 Å². The molecule has 0 atom stereocenters. The van der Waals surface area contributed by atoms with Crippen LogP contribution in [0.15, 0.2) is 35.1 Å². The van der Waals surface area contributed by atoms with Crippen LogP contribution in [0.5, 0.6) is 6.01 Å². The summed E-state index contributed by atoms with van der Waals surface area (Å²) in [6, 6.07) is 8.02. The van der Waals surface area contributed by atoms with Gasteiger partial charge in [0.2, 0.25) is 0 Å². The highest BCUT2D eigenvalue weighted by Gasteiger charge is 2.07. The Bertz CT molecular complexity index is 706. The zero-order chi connectivity index (χ0) is 12.5. The van der Waals surface area contributed by atoms with Crippen LogP contribution in [-0.4, -0.2) is 22.1 Å². The van der Waals surface area contributed by atoms with E-state index < -0.39 is 0 Å². The molecule has 0 N–H and O–H groups in total. The number of hydrogen-bond acceptors (Lipinski definition) is 5. The van der Waals surface area contributed by atoms with Crippen LogP contribution in [0, 0.1) is 6.92 Å². The maximum Gasteiger partial charge on any atom is 0.316 e. The minimum absolute atomic E-state index is 0.364. The Morgan fingerprint density at radius 2 is 2.06 bits per heavy atom. The van der Waals surface area contributed by atoms with E-state index in [1.54, 1.807) is 7.11 Å². The van der Waals surface area contributed by atoms with E-state index in [1.165, 1.54) is 6.39 Å². The average Bonchev–Trinajstić information content (AvgIpc) is 2.85. The van der Waals surface area contributed by atoms with E-state index in [9.17, 15) is 0 Å². The highest BCUT2D eigenvalue weighted by Crippen LogP contribution is 2.24. The van der Waals surface area contributed by atoms with Crippen molar-refractivity contribution < 1.29 is 9.15 Å². The molecular formula is C13H11N3O2. The normalized spacial score (nSPS) is 10.8. The number of nitrogens with zero attached hydrogens (tertiary/aromatic N) is 3. The molecule has 2 aromatic heterocycles. The van der Waals surface area contributed by atoms with Crippen LogP contribution in [0.1, 0.15) is 5.69 Å². The quantitative estimate of drug-likeness (QED) is 0.690. The molecule has 5 heteroatoms. The lowest BCUT2D eigenvalue weighted by Gasteiger charge is -2.04. The van der Waals surface area contributed by atoms with Crippen molar-refractivity contribution >= 4 is 11.1 Å². The summed E-state index contributed by atoms with van der Waals surface area (Å²) < 4.78 is 10.4. The number of fused-ring (bicyclic) bond motifs is 1. The summed E-state index contributed by atoms with van der Waals surface area (Å²) in [7, 11) is 1.55. The van der Waals surface area contributed by atoms with Crippen LogP contribution in [0.2, 0.25) is 0 Å². The fourth-order valence-electron chi connectivity index (χ4n) is 1.79. The Morgan fingerprint density at radius 1 is 1.17 bits per heavy atom. The summed E-state index contributed by atoms with van der Waals surface area (Å²) in [6.45, 7) is 1.90. The Labute approximate surface area is 103 Å². The first-order valence-electron chi connectivity index (χ1n) is 5.49. The van der Waals surface area contributed by atoms with E-state index in [0.717, 1.165) is 28.1 Å². The lowest BCUT2D eigenvalue weighted by molar-refractivity contribution is 0.379. The number of aryl methyl sites for hydroxylation is 1. The van der Waals surface area contributed by atoms with Gasteiger partial charge in [-0.2, -0.15) is 4.98 Å². The molecule has 0 spiro atoms. The molecule has 0 radical (unpaired) electrons. The third-order valence-corrected chi connectivity index (χ3v) is 2.64. The summed E-state index contributed by atoms with van der Waals surface area (Å²) in [4.78, 5) is 12.6. The second-order valence-corrected chi connectivity index (χ2v) is 3.92. The molecule has 3 aromatic rings. The highest BCUT2D eigenvalue weighted by atomic mass is 16.5. The zero-order valence-electron chi connectivity index (χ0n) is 10.0. The maximum absolute atomic E-state index is 5.28. The molecule has 90 valence electrons. The van der Waals surface area contributed by atoms with Gasteiger partial charge >= 0.3 is 6.01 Å². The average molecular weight is 241 g/mol. The smallest absolute Gasteiger partial charge is 0.316 e. The van der Waals surface area contributed by atoms with Gasteiger partial charge in [0.25, 0.3) is 0 Å². The van der Waals surface area contributed by atoms with Gasteiger partial charge in [0.1, 0.15) is 5.52 Å². The number of aromatic nitrogens is 3. The number of oxazole rings is 1. The van der Waals surface area contributed by atoms with Gasteiger partial charge in [-0.15, -0.1) is 0 Å². The van der Waals surface area contributed by atoms with Crippen molar-refractivity contribution in [2.24, 2.45) is 0 Å². The Morgan fingerprint density at radius 3 is 2.89 bits per heavy atom. The third kappa shape index (κ3) is 1.79. The fourth-order valence-corrected chi connectivity index (χ4v) is 1.79. The van der Waals surface area contributed by atoms with Crippen LogP contribution < -0.4 is 4.74 Å². The minimum atomic E-state index is 0.364. The monoisotopic (exact) mass is 241 g/mol. The molecule has 0 aliphatic rings. The van der Waals surface area contributed by atoms with Crippen molar-refractivity contribution in [2.75, 3.05) is 7.11 Å². The molecule has 1 aromatic carbocycles. The first-order chi connectivity index (χ1) is 8.76. The Hall–Kier alpha value is -2.43. The molecule has 0 fully saturated rings. The molecule has 0 bridgehead atoms. The molecular weight excluding hydrogens is 230 g/mol. The molecule has 2 heterocycles. The van der Waals surface area contributed by atoms with Crippen LogP contribution in [0.25, 0.3) is 22.4 Å². The number of rotatable bonds is 2. The van der Waals surface area contributed by atoms with Gasteiger partial charge < -0.3 is 9.15 Å². The first kappa shape index (κ1) is 10.7. The summed E-state index contributed by atoms with van der Waals surface area (Å²) in [5, 5.41) is 0. The topological polar surface area (TPSA) is 61.0 Å². The SMILES string of the molecule is COc1nc(C)cc(-c2ccc3ncoc3c2)n1. The van der Waals surface area contributed by atoms with Crippen molar-refractivity contribution in [3.8, 4) is 17.3 Å². The summed E-state index contributed by atoms with van der Waals surface area (Å²) in [5.41, 5.74) is 4.18. The number of ether oxygens (including phenoxy) is 1. The van der Waals surface area contributed by atoms with Gasteiger partial charge in [-0.3, -0.25) is 0 Å². The molecule has 0 aliphatic heterocycles. The van der Waals surface area contributed by atoms with E-state index >= 15 is 0 Å². The van der Waals surface area contributed by atoms with Gasteiger partial charge in [-0.25, -0.2) is 9.97 Å². The van der Waals surface area contributed by atoms with Crippen LogP contribution in [0.3, 0.4) is 0 Å². The van der Waals surface area contributed by atoms with Crippen molar-refractivity contribution in [3.63, 3.8) is 0 Å². The second kappa shape index (κ2) is 4.10. The van der Waals surface area contributed by atoms with E-state index in [2.05, 4.69) is 15.0 Å².